The van der Waals surface area contributed by atoms with Gasteiger partial charge in [-0.05, 0) is 54.4 Å². The van der Waals surface area contributed by atoms with E-state index in [4.69, 9.17) is 16.3 Å². The van der Waals surface area contributed by atoms with Crippen LogP contribution in [0, 0.1) is 6.92 Å². The summed E-state index contributed by atoms with van der Waals surface area (Å²) in [6, 6.07) is 12.2. The minimum absolute atomic E-state index is 0.0610. The predicted octanol–water partition coefficient (Wildman–Crippen LogP) is 5.12. The van der Waals surface area contributed by atoms with E-state index >= 15 is 0 Å². The van der Waals surface area contributed by atoms with Crippen LogP contribution in [0.2, 0.25) is 5.02 Å². The third-order valence-electron chi connectivity index (χ3n) is 3.48. The fourth-order valence-electron chi connectivity index (χ4n) is 2.38. The highest BCUT2D eigenvalue weighted by molar-refractivity contribution is 9.10. The highest BCUT2D eigenvalue weighted by Gasteiger charge is 2.18. The monoisotopic (exact) mass is 367 g/mol. The van der Waals surface area contributed by atoms with Gasteiger partial charge >= 0.3 is 0 Å². The average molecular weight is 369 g/mol. The first-order chi connectivity index (χ1) is 10.1. The Morgan fingerprint density at radius 2 is 1.95 bits per heavy atom. The molecule has 0 amide bonds. The Hall–Kier alpha value is -1.03. The SMILES string of the molecule is CCNC(c1cc(Br)ccc1C)c1ccc(OC)cc1Cl. The van der Waals surface area contributed by atoms with E-state index in [0.717, 1.165) is 22.3 Å². The summed E-state index contributed by atoms with van der Waals surface area (Å²) < 4.78 is 6.29. The lowest BCUT2D eigenvalue weighted by molar-refractivity contribution is 0.414. The van der Waals surface area contributed by atoms with Gasteiger partial charge in [0.15, 0.2) is 0 Å². The molecule has 0 bridgehead atoms. The summed E-state index contributed by atoms with van der Waals surface area (Å²) in [5, 5.41) is 4.22. The zero-order valence-corrected chi connectivity index (χ0v) is 14.8. The van der Waals surface area contributed by atoms with Crippen LogP contribution in [-0.4, -0.2) is 13.7 Å². The standard InChI is InChI=1S/C17H19BrClNO/c1-4-20-17(15-9-12(18)6-5-11(15)2)14-8-7-13(21-3)10-16(14)19/h5-10,17,20H,4H2,1-3H3. The van der Waals surface area contributed by atoms with Crippen LogP contribution in [-0.2, 0) is 0 Å². The zero-order valence-electron chi connectivity index (χ0n) is 12.4. The van der Waals surface area contributed by atoms with E-state index in [1.807, 2.05) is 18.2 Å². The van der Waals surface area contributed by atoms with Gasteiger partial charge in [-0.3, -0.25) is 0 Å². The van der Waals surface area contributed by atoms with Gasteiger partial charge in [0.2, 0.25) is 0 Å². The highest BCUT2D eigenvalue weighted by Crippen LogP contribution is 2.33. The van der Waals surface area contributed by atoms with Crippen LogP contribution in [0.3, 0.4) is 0 Å². The molecule has 112 valence electrons. The van der Waals surface area contributed by atoms with Crippen molar-refractivity contribution in [3.63, 3.8) is 0 Å². The molecule has 0 saturated carbocycles. The molecule has 0 fully saturated rings. The van der Waals surface area contributed by atoms with Crippen LogP contribution < -0.4 is 10.1 Å². The fourth-order valence-corrected chi connectivity index (χ4v) is 3.04. The van der Waals surface area contributed by atoms with Crippen LogP contribution in [0.5, 0.6) is 5.75 Å². The average Bonchev–Trinajstić information content (AvgIpc) is 2.48. The van der Waals surface area contributed by atoms with Crippen LogP contribution in [0.15, 0.2) is 40.9 Å². The van der Waals surface area contributed by atoms with E-state index in [0.29, 0.717) is 5.02 Å². The smallest absolute Gasteiger partial charge is 0.120 e. The first kappa shape index (κ1) is 16.3. The lowest BCUT2D eigenvalue weighted by Crippen LogP contribution is -2.23. The lowest BCUT2D eigenvalue weighted by Gasteiger charge is -2.22. The van der Waals surface area contributed by atoms with Crippen molar-refractivity contribution in [2.45, 2.75) is 19.9 Å². The van der Waals surface area contributed by atoms with Gasteiger partial charge in [-0.2, -0.15) is 0 Å². The highest BCUT2D eigenvalue weighted by atomic mass is 79.9. The van der Waals surface area contributed by atoms with Crippen LogP contribution >= 0.6 is 27.5 Å². The molecule has 4 heteroatoms. The van der Waals surface area contributed by atoms with E-state index in [2.05, 4.69) is 53.3 Å². The molecule has 0 aliphatic rings. The Morgan fingerprint density at radius 3 is 2.57 bits per heavy atom. The number of aryl methyl sites for hydroxylation is 1. The van der Waals surface area contributed by atoms with Crippen molar-refractivity contribution >= 4 is 27.5 Å². The summed E-state index contributed by atoms with van der Waals surface area (Å²) in [6.07, 6.45) is 0. The van der Waals surface area contributed by atoms with Gasteiger partial charge < -0.3 is 10.1 Å². The van der Waals surface area contributed by atoms with Gasteiger partial charge in [0.25, 0.3) is 0 Å². The van der Waals surface area contributed by atoms with E-state index in [1.165, 1.54) is 11.1 Å². The molecule has 1 atom stereocenters. The number of ether oxygens (including phenoxy) is 1. The summed E-state index contributed by atoms with van der Waals surface area (Å²) in [7, 11) is 1.64. The number of nitrogens with one attached hydrogen (secondary N) is 1. The molecule has 1 N–H and O–H groups in total. The molecular formula is C17H19BrClNO. The maximum atomic E-state index is 6.45. The number of benzene rings is 2. The van der Waals surface area contributed by atoms with E-state index < -0.39 is 0 Å². The lowest BCUT2D eigenvalue weighted by atomic mass is 9.95. The Morgan fingerprint density at radius 1 is 1.19 bits per heavy atom. The van der Waals surface area contributed by atoms with Crippen molar-refractivity contribution in [3.8, 4) is 5.75 Å². The molecule has 0 saturated heterocycles. The van der Waals surface area contributed by atoms with Crippen molar-refractivity contribution < 1.29 is 4.74 Å². The van der Waals surface area contributed by atoms with Gasteiger partial charge in [0, 0.05) is 9.50 Å². The van der Waals surface area contributed by atoms with Crippen LogP contribution in [0.4, 0.5) is 0 Å². The van der Waals surface area contributed by atoms with Gasteiger partial charge in [-0.15, -0.1) is 0 Å². The first-order valence-corrected chi connectivity index (χ1v) is 8.06. The summed E-state index contributed by atoms with van der Waals surface area (Å²) in [6.45, 7) is 5.07. The topological polar surface area (TPSA) is 21.3 Å². The Labute approximate surface area is 139 Å². The Balaban J connectivity index is 2.50. The molecule has 0 spiro atoms. The van der Waals surface area contributed by atoms with Crippen molar-refractivity contribution in [2.75, 3.05) is 13.7 Å². The molecule has 0 aliphatic carbocycles. The third kappa shape index (κ3) is 3.79. The minimum Gasteiger partial charge on any atom is -0.497 e. The third-order valence-corrected chi connectivity index (χ3v) is 4.30. The first-order valence-electron chi connectivity index (χ1n) is 6.89. The van der Waals surface area contributed by atoms with Gasteiger partial charge in [-0.25, -0.2) is 0 Å². The van der Waals surface area contributed by atoms with Gasteiger partial charge in [-0.1, -0.05) is 46.6 Å². The maximum Gasteiger partial charge on any atom is 0.120 e. The second-order valence-electron chi connectivity index (χ2n) is 4.88. The molecule has 0 heterocycles. The Bertz CT molecular complexity index is 630. The molecule has 2 nitrogen and oxygen atoms in total. The second-order valence-corrected chi connectivity index (χ2v) is 6.20. The molecular weight excluding hydrogens is 350 g/mol. The number of methoxy groups -OCH3 is 1. The van der Waals surface area contributed by atoms with E-state index in [-0.39, 0.29) is 6.04 Å². The summed E-state index contributed by atoms with van der Waals surface area (Å²) in [5.74, 6) is 0.768. The molecule has 1 unspecified atom stereocenters. The van der Waals surface area contributed by atoms with Crippen molar-refractivity contribution in [1.29, 1.82) is 0 Å². The quantitative estimate of drug-likeness (QED) is 0.791. The normalized spacial score (nSPS) is 12.2. The molecule has 0 radical (unpaired) electrons. The number of rotatable bonds is 5. The molecule has 2 aromatic rings. The predicted molar refractivity (Wildman–Crippen MR) is 92.4 cm³/mol. The molecule has 21 heavy (non-hydrogen) atoms. The summed E-state index contributed by atoms with van der Waals surface area (Å²) in [4.78, 5) is 0. The largest absolute Gasteiger partial charge is 0.497 e. The zero-order chi connectivity index (χ0) is 15.4. The van der Waals surface area contributed by atoms with E-state index in [1.54, 1.807) is 7.11 Å². The van der Waals surface area contributed by atoms with Crippen molar-refractivity contribution in [1.82, 2.24) is 5.32 Å². The summed E-state index contributed by atoms with van der Waals surface area (Å²) in [5.41, 5.74) is 3.51. The summed E-state index contributed by atoms with van der Waals surface area (Å²) >= 11 is 10.00. The number of hydrogen-bond donors (Lipinski definition) is 1. The van der Waals surface area contributed by atoms with Crippen molar-refractivity contribution in [3.05, 3.63) is 62.6 Å². The molecule has 2 rings (SSSR count). The van der Waals surface area contributed by atoms with Gasteiger partial charge in [0.05, 0.1) is 13.2 Å². The maximum absolute atomic E-state index is 6.45. The fraction of sp³-hybridized carbons (Fsp3) is 0.294. The Kier molecular flexibility index (Phi) is 5.68. The second kappa shape index (κ2) is 7.30. The minimum atomic E-state index is 0.0610. The van der Waals surface area contributed by atoms with Crippen LogP contribution in [0.25, 0.3) is 0 Å². The van der Waals surface area contributed by atoms with Gasteiger partial charge in [0.1, 0.15) is 5.75 Å². The van der Waals surface area contributed by atoms with Crippen molar-refractivity contribution in [2.24, 2.45) is 0 Å². The number of hydrogen-bond acceptors (Lipinski definition) is 2. The molecule has 0 aromatic heterocycles. The molecule has 0 aliphatic heterocycles. The number of halogens is 2. The molecule has 2 aromatic carbocycles. The van der Waals surface area contributed by atoms with E-state index in [9.17, 15) is 0 Å². The van der Waals surface area contributed by atoms with Crippen LogP contribution in [0.1, 0.15) is 29.7 Å².